The van der Waals surface area contributed by atoms with E-state index in [1.807, 2.05) is 20.8 Å². The highest BCUT2D eigenvalue weighted by molar-refractivity contribution is 5.96. The molecule has 0 aliphatic heterocycles. The Bertz CT molecular complexity index is 1170. The quantitative estimate of drug-likeness (QED) is 0.600. The summed E-state index contributed by atoms with van der Waals surface area (Å²) in [5, 5.41) is 17.9. The predicted molar refractivity (Wildman–Crippen MR) is 106 cm³/mol. The maximum atomic E-state index is 13.2. The molecule has 10 nitrogen and oxygen atoms in total. The fourth-order valence-corrected chi connectivity index (χ4v) is 3.11. The number of nitrogens with one attached hydrogen (secondary N) is 1. The number of nitrogen functional groups attached to an aromatic ring is 1. The molecule has 1 aliphatic carbocycles. The van der Waals surface area contributed by atoms with Crippen LogP contribution in [0, 0.1) is 5.41 Å². The van der Waals surface area contributed by atoms with Crippen molar-refractivity contribution in [3.8, 4) is 17.3 Å². The first-order chi connectivity index (χ1) is 13.6. The van der Waals surface area contributed by atoms with Crippen molar-refractivity contribution in [2.45, 2.75) is 46.2 Å². The molecule has 4 rings (SSSR count). The lowest BCUT2D eigenvalue weighted by Gasteiger charge is -2.21. The van der Waals surface area contributed by atoms with Crippen molar-refractivity contribution in [1.82, 2.24) is 29.5 Å². The van der Waals surface area contributed by atoms with E-state index < -0.39 is 17.3 Å². The number of carbonyl (C=O) groups is 1. The number of aromatic hydroxyl groups is 1. The Kier molecular flexibility index (Phi) is 4.29. The van der Waals surface area contributed by atoms with Crippen molar-refractivity contribution in [3.05, 3.63) is 34.2 Å². The van der Waals surface area contributed by atoms with E-state index in [4.69, 9.17) is 5.73 Å². The molecule has 3 aromatic heterocycles. The zero-order valence-electron chi connectivity index (χ0n) is 16.5. The van der Waals surface area contributed by atoms with E-state index in [0.29, 0.717) is 23.6 Å². The Balaban J connectivity index is 1.95. The van der Waals surface area contributed by atoms with Crippen molar-refractivity contribution in [1.29, 1.82) is 0 Å². The van der Waals surface area contributed by atoms with Crippen molar-refractivity contribution in [3.63, 3.8) is 0 Å². The molecule has 1 saturated carbocycles. The minimum atomic E-state index is -0.595. The van der Waals surface area contributed by atoms with Gasteiger partial charge in [-0.3, -0.25) is 14.2 Å². The molecule has 0 saturated heterocycles. The second-order valence-corrected chi connectivity index (χ2v) is 8.50. The van der Waals surface area contributed by atoms with Crippen LogP contribution in [0.2, 0.25) is 0 Å². The molecule has 1 amide bonds. The number of carbonyl (C=O) groups excluding carboxylic acids is 1. The number of hydrogen-bond donors (Lipinski definition) is 3. The average molecular weight is 397 g/mol. The molecule has 1 aliphatic rings. The Morgan fingerprint density at radius 3 is 2.69 bits per heavy atom. The van der Waals surface area contributed by atoms with Gasteiger partial charge in [0.25, 0.3) is 11.5 Å². The lowest BCUT2D eigenvalue weighted by atomic mass is 9.97. The lowest BCUT2D eigenvalue weighted by Crippen LogP contribution is -2.37. The van der Waals surface area contributed by atoms with Gasteiger partial charge in [-0.05, 0) is 24.3 Å². The number of fused-ring (bicyclic) bond motifs is 1. The summed E-state index contributed by atoms with van der Waals surface area (Å²) in [5.41, 5.74) is 5.73. The van der Waals surface area contributed by atoms with Gasteiger partial charge in [-0.25, -0.2) is 9.97 Å². The van der Waals surface area contributed by atoms with Crippen LogP contribution in [-0.4, -0.2) is 41.2 Å². The Hall–Kier alpha value is -3.43. The van der Waals surface area contributed by atoms with Gasteiger partial charge in [0.2, 0.25) is 11.8 Å². The van der Waals surface area contributed by atoms with Gasteiger partial charge < -0.3 is 16.2 Å². The van der Waals surface area contributed by atoms with Crippen molar-refractivity contribution < 1.29 is 9.90 Å². The summed E-state index contributed by atoms with van der Waals surface area (Å²) in [6.07, 6.45) is 3.23. The fraction of sp³-hybridized carbons (Fsp3) is 0.421. The van der Waals surface area contributed by atoms with Gasteiger partial charge in [0.05, 0.1) is 5.69 Å². The van der Waals surface area contributed by atoms with Crippen molar-refractivity contribution in [2.75, 3.05) is 5.73 Å². The van der Waals surface area contributed by atoms with E-state index in [1.165, 1.54) is 15.3 Å². The van der Waals surface area contributed by atoms with Crippen LogP contribution < -0.4 is 16.6 Å². The summed E-state index contributed by atoms with van der Waals surface area (Å²) in [7, 11) is 0. The molecule has 152 valence electrons. The van der Waals surface area contributed by atoms with E-state index in [-0.39, 0.29) is 23.0 Å². The summed E-state index contributed by atoms with van der Waals surface area (Å²) in [5.74, 6) is -1.01. The number of hydrogen-bond acceptors (Lipinski definition) is 7. The first-order valence-corrected chi connectivity index (χ1v) is 9.39. The molecule has 0 spiro atoms. The number of nitrogens with zero attached hydrogens (tertiary/aromatic N) is 5. The van der Waals surface area contributed by atoms with E-state index in [1.54, 1.807) is 12.1 Å². The zero-order valence-corrected chi connectivity index (χ0v) is 16.5. The summed E-state index contributed by atoms with van der Waals surface area (Å²) in [4.78, 5) is 33.8. The first-order valence-electron chi connectivity index (χ1n) is 9.39. The molecule has 3 aromatic rings. The van der Waals surface area contributed by atoms with Crippen LogP contribution in [0.15, 0.2) is 23.1 Å². The second-order valence-electron chi connectivity index (χ2n) is 8.50. The van der Waals surface area contributed by atoms with E-state index >= 15 is 0 Å². The zero-order chi connectivity index (χ0) is 20.9. The molecule has 0 bridgehead atoms. The summed E-state index contributed by atoms with van der Waals surface area (Å²) in [6.45, 7) is 6.27. The van der Waals surface area contributed by atoms with Gasteiger partial charge in [-0.15, -0.1) is 0 Å². The van der Waals surface area contributed by atoms with Crippen molar-refractivity contribution >= 4 is 17.5 Å². The fourth-order valence-electron chi connectivity index (χ4n) is 3.11. The third-order valence-electron chi connectivity index (χ3n) is 4.56. The van der Waals surface area contributed by atoms with Crippen LogP contribution in [0.3, 0.4) is 0 Å². The number of anilines is 1. The normalized spacial score (nSPS) is 14.3. The molecule has 0 atom stereocenters. The second kappa shape index (κ2) is 6.57. The van der Waals surface area contributed by atoms with Crippen LogP contribution in [0.25, 0.3) is 17.0 Å². The Morgan fingerprint density at radius 2 is 2.07 bits per heavy atom. The van der Waals surface area contributed by atoms with Gasteiger partial charge in [0, 0.05) is 24.8 Å². The first kappa shape index (κ1) is 18.9. The van der Waals surface area contributed by atoms with Gasteiger partial charge in [-0.2, -0.15) is 9.61 Å². The topological polar surface area (TPSA) is 140 Å². The molecule has 1 fully saturated rings. The maximum absolute atomic E-state index is 13.2. The third kappa shape index (κ3) is 3.65. The SMILES string of the molecule is CC(C)(C)Cn1c(=O)c(C(=O)NC2CC2)c(O)n2nc(-c3ccnc(N)n3)cc12. The van der Waals surface area contributed by atoms with E-state index in [0.717, 1.165) is 12.8 Å². The number of amides is 1. The highest BCUT2D eigenvalue weighted by atomic mass is 16.3. The molecule has 29 heavy (non-hydrogen) atoms. The van der Waals surface area contributed by atoms with Gasteiger partial charge in [-0.1, -0.05) is 20.8 Å². The van der Waals surface area contributed by atoms with Gasteiger partial charge >= 0.3 is 0 Å². The van der Waals surface area contributed by atoms with E-state index in [2.05, 4.69) is 20.4 Å². The van der Waals surface area contributed by atoms with Crippen LogP contribution in [0.4, 0.5) is 5.95 Å². The molecule has 10 heteroatoms. The lowest BCUT2D eigenvalue weighted by molar-refractivity contribution is 0.0944. The summed E-state index contributed by atoms with van der Waals surface area (Å²) < 4.78 is 2.66. The number of aromatic nitrogens is 5. The minimum absolute atomic E-state index is 0.0465. The van der Waals surface area contributed by atoms with Crippen LogP contribution in [0.1, 0.15) is 44.0 Å². The largest absolute Gasteiger partial charge is 0.492 e. The number of nitrogens with two attached hydrogens (primary N) is 1. The predicted octanol–water partition coefficient (Wildman–Crippen LogP) is 1.18. The average Bonchev–Trinajstić information content (AvgIpc) is 3.31. The summed E-state index contributed by atoms with van der Waals surface area (Å²) in [6, 6.07) is 3.31. The maximum Gasteiger partial charge on any atom is 0.270 e. The van der Waals surface area contributed by atoms with Crippen LogP contribution in [0.5, 0.6) is 5.88 Å². The monoisotopic (exact) mass is 397 g/mol. The highest BCUT2D eigenvalue weighted by Crippen LogP contribution is 2.26. The number of rotatable bonds is 4. The standard InChI is InChI=1S/C19H23N7O3/c1-19(2,3)9-25-13-8-12(11-6-7-21-18(20)23-11)24-26(13)17(29)14(16(25)28)15(27)22-10-4-5-10/h6-8,10,29H,4-5,9H2,1-3H3,(H,22,27)(H2,20,21,23). The van der Waals surface area contributed by atoms with Gasteiger partial charge in [0.15, 0.2) is 5.56 Å². The Labute approximate surface area is 166 Å². The van der Waals surface area contributed by atoms with Crippen LogP contribution >= 0.6 is 0 Å². The van der Waals surface area contributed by atoms with Crippen molar-refractivity contribution in [2.24, 2.45) is 5.41 Å². The summed E-state index contributed by atoms with van der Waals surface area (Å²) >= 11 is 0. The molecule has 3 heterocycles. The Morgan fingerprint density at radius 1 is 1.34 bits per heavy atom. The smallest absolute Gasteiger partial charge is 0.270 e. The molecule has 0 radical (unpaired) electrons. The highest BCUT2D eigenvalue weighted by Gasteiger charge is 2.30. The van der Waals surface area contributed by atoms with Gasteiger partial charge in [0.1, 0.15) is 11.3 Å². The third-order valence-corrected chi connectivity index (χ3v) is 4.56. The molecular weight excluding hydrogens is 374 g/mol. The van der Waals surface area contributed by atoms with Crippen LogP contribution in [-0.2, 0) is 6.54 Å². The van der Waals surface area contributed by atoms with E-state index in [9.17, 15) is 14.7 Å². The minimum Gasteiger partial charge on any atom is -0.492 e. The molecule has 0 unspecified atom stereocenters. The molecular formula is C19H23N7O3. The molecule has 0 aromatic carbocycles. The molecule has 4 N–H and O–H groups in total.